The number of carbonyl (C=O) groups is 3. The van der Waals surface area contributed by atoms with E-state index in [1.54, 1.807) is 41.5 Å². The van der Waals surface area contributed by atoms with E-state index in [1.165, 1.54) is 0 Å². The van der Waals surface area contributed by atoms with E-state index in [1.807, 2.05) is 20.8 Å². The lowest BCUT2D eigenvalue weighted by Gasteiger charge is -2.29. The van der Waals surface area contributed by atoms with E-state index in [0.29, 0.717) is 19.3 Å². The van der Waals surface area contributed by atoms with Crippen LogP contribution in [0, 0.1) is 5.92 Å². The fraction of sp³-hybridized carbons (Fsp3) is 0.773. The Balaban J connectivity index is 5.55. The molecule has 0 saturated heterocycles. The average Bonchev–Trinajstić information content (AvgIpc) is 2.57. The highest BCUT2D eigenvalue weighted by molar-refractivity contribution is 5.97. The number of hydrogen-bond acceptors (Lipinski definition) is 6. The first-order chi connectivity index (χ1) is 12.6. The fourth-order valence-electron chi connectivity index (χ4n) is 1.88. The van der Waals surface area contributed by atoms with Crippen LogP contribution in [0.4, 0.5) is 0 Å². The van der Waals surface area contributed by atoms with Crippen molar-refractivity contribution in [2.24, 2.45) is 5.92 Å². The van der Waals surface area contributed by atoms with Crippen LogP contribution in [0.25, 0.3) is 0 Å². The van der Waals surface area contributed by atoms with Gasteiger partial charge in [0.25, 0.3) is 0 Å². The third-order valence-electron chi connectivity index (χ3n) is 5.03. The van der Waals surface area contributed by atoms with Crippen LogP contribution in [0.3, 0.4) is 0 Å². The van der Waals surface area contributed by atoms with Crippen LogP contribution in [-0.2, 0) is 28.6 Å². The first-order valence-corrected chi connectivity index (χ1v) is 9.96. The van der Waals surface area contributed by atoms with E-state index in [0.717, 1.165) is 0 Å². The molecule has 0 aliphatic heterocycles. The van der Waals surface area contributed by atoms with Gasteiger partial charge >= 0.3 is 17.9 Å². The maximum absolute atomic E-state index is 12.8. The van der Waals surface area contributed by atoms with Crippen LogP contribution in [0.1, 0.15) is 88.0 Å². The smallest absolute Gasteiger partial charge is 0.334 e. The van der Waals surface area contributed by atoms with Crippen molar-refractivity contribution < 1.29 is 28.6 Å². The van der Waals surface area contributed by atoms with Crippen molar-refractivity contribution in [1.82, 2.24) is 0 Å². The Morgan fingerprint density at radius 3 is 1.57 bits per heavy atom. The predicted molar refractivity (Wildman–Crippen MR) is 109 cm³/mol. The topological polar surface area (TPSA) is 78.9 Å². The summed E-state index contributed by atoms with van der Waals surface area (Å²) in [4.78, 5) is 37.7. The van der Waals surface area contributed by atoms with E-state index in [9.17, 15) is 14.4 Å². The monoisotopic (exact) mass is 398 g/mol. The molecule has 0 radical (unpaired) electrons. The minimum Gasteiger partial charge on any atom is -0.460 e. The highest BCUT2D eigenvalue weighted by atomic mass is 16.6. The Morgan fingerprint density at radius 1 is 0.750 bits per heavy atom. The van der Waals surface area contributed by atoms with Gasteiger partial charge in [-0.15, -0.1) is 0 Å². The van der Waals surface area contributed by atoms with Crippen LogP contribution < -0.4 is 0 Å². The number of carbonyl (C=O) groups excluding carboxylic acids is 3. The second kappa shape index (κ2) is 10.1. The number of esters is 3. The van der Waals surface area contributed by atoms with Crippen molar-refractivity contribution in [2.45, 2.75) is 105 Å². The van der Waals surface area contributed by atoms with Crippen molar-refractivity contribution in [3.63, 3.8) is 0 Å². The third-order valence-corrected chi connectivity index (χ3v) is 5.03. The largest absolute Gasteiger partial charge is 0.460 e. The normalized spacial score (nSPS) is 13.5. The zero-order valence-electron chi connectivity index (χ0n) is 19.1. The fourth-order valence-corrected chi connectivity index (χ4v) is 1.88. The molecule has 6 heteroatoms. The molecule has 28 heavy (non-hydrogen) atoms. The van der Waals surface area contributed by atoms with Gasteiger partial charge in [-0.25, -0.2) is 4.79 Å². The van der Waals surface area contributed by atoms with Crippen LogP contribution in [0.15, 0.2) is 12.2 Å². The molecule has 0 bridgehead atoms. The molecule has 1 atom stereocenters. The molecular weight excluding hydrogens is 360 g/mol. The van der Waals surface area contributed by atoms with E-state index in [2.05, 4.69) is 6.58 Å². The molecule has 6 nitrogen and oxygen atoms in total. The average molecular weight is 399 g/mol. The standard InChI is InChI=1S/C22H38O6/c1-11-20(5,6)26-17(23)14-16(19(25)28-22(9,10)13-3)15(4)18(24)27-21(7,8)12-2/h16H,4,11-14H2,1-3,5-10H3. The third kappa shape index (κ3) is 8.89. The van der Waals surface area contributed by atoms with Crippen LogP contribution in [-0.4, -0.2) is 34.7 Å². The second-order valence-corrected chi connectivity index (χ2v) is 8.91. The van der Waals surface area contributed by atoms with Crippen molar-refractivity contribution in [1.29, 1.82) is 0 Å². The Kier molecular flexibility index (Phi) is 9.41. The maximum Gasteiger partial charge on any atom is 0.334 e. The SMILES string of the molecule is C=C(C(=O)OC(C)(C)CC)C(CC(=O)OC(C)(C)CC)C(=O)OC(C)(C)CC. The molecule has 0 rings (SSSR count). The summed E-state index contributed by atoms with van der Waals surface area (Å²) in [5.41, 5.74) is -2.21. The van der Waals surface area contributed by atoms with Gasteiger partial charge < -0.3 is 14.2 Å². The van der Waals surface area contributed by atoms with Gasteiger partial charge in [0, 0.05) is 5.57 Å². The summed E-state index contributed by atoms with van der Waals surface area (Å²) in [5.74, 6) is -3.15. The highest BCUT2D eigenvalue weighted by Gasteiger charge is 2.37. The Hall–Kier alpha value is -1.85. The molecular formula is C22H38O6. The van der Waals surface area contributed by atoms with Gasteiger partial charge in [0.15, 0.2) is 0 Å². The molecule has 0 aromatic heterocycles. The molecule has 0 heterocycles. The second-order valence-electron chi connectivity index (χ2n) is 8.91. The summed E-state index contributed by atoms with van der Waals surface area (Å²) in [5, 5.41) is 0. The summed E-state index contributed by atoms with van der Waals surface area (Å²) >= 11 is 0. The van der Waals surface area contributed by atoms with Gasteiger partial charge in [-0.2, -0.15) is 0 Å². The van der Waals surface area contributed by atoms with Crippen molar-refractivity contribution >= 4 is 17.9 Å². The summed E-state index contributed by atoms with van der Waals surface area (Å²) in [6.45, 7) is 20.0. The lowest BCUT2D eigenvalue weighted by Crippen LogP contribution is -2.37. The predicted octanol–water partition coefficient (Wildman–Crippen LogP) is 4.74. The number of ether oxygens (including phenoxy) is 3. The van der Waals surface area contributed by atoms with Gasteiger partial charge in [-0.1, -0.05) is 27.4 Å². The maximum atomic E-state index is 12.8. The van der Waals surface area contributed by atoms with E-state index >= 15 is 0 Å². The number of rotatable bonds is 11. The zero-order chi connectivity index (χ0) is 22.3. The summed E-state index contributed by atoms with van der Waals surface area (Å²) < 4.78 is 16.4. The van der Waals surface area contributed by atoms with Gasteiger partial charge in [-0.05, 0) is 60.8 Å². The van der Waals surface area contributed by atoms with Gasteiger partial charge in [-0.3, -0.25) is 9.59 Å². The van der Waals surface area contributed by atoms with Gasteiger partial charge in [0.2, 0.25) is 0 Å². The molecule has 0 amide bonds. The first kappa shape index (κ1) is 26.1. The lowest BCUT2D eigenvalue weighted by molar-refractivity contribution is -0.169. The molecule has 0 aromatic rings. The Labute approximate surface area is 170 Å². The highest BCUT2D eigenvalue weighted by Crippen LogP contribution is 2.26. The molecule has 0 aliphatic rings. The van der Waals surface area contributed by atoms with Crippen molar-refractivity contribution in [2.75, 3.05) is 0 Å². The Morgan fingerprint density at radius 2 is 1.14 bits per heavy atom. The van der Waals surface area contributed by atoms with Crippen LogP contribution in [0.2, 0.25) is 0 Å². The quantitative estimate of drug-likeness (QED) is 0.284. The molecule has 162 valence electrons. The molecule has 0 saturated carbocycles. The minimum atomic E-state index is -1.16. The van der Waals surface area contributed by atoms with Crippen LogP contribution in [0.5, 0.6) is 0 Å². The molecule has 0 fully saturated rings. The first-order valence-electron chi connectivity index (χ1n) is 9.96. The Bertz CT molecular complexity index is 586. The molecule has 1 unspecified atom stereocenters. The molecule has 0 N–H and O–H groups in total. The summed E-state index contributed by atoms with van der Waals surface area (Å²) in [6, 6.07) is 0. The zero-order valence-corrected chi connectivity index (χ0v) is 19.1. The van der Waals surface area contributed by atoms with E-state index < -0.39 is 40.6 Å². The van der Waals surface area contributed by atoms with Gasteiger partial charge in [0.05, 0.1) is 12.3 Å². The van der Waals surface area contributed by atoms with Crippen LogP contribution >= 0.6 is 0 Å². The number of hydrogen-bond donors (Lipinski definition) is 0. The molecule has 0 aliphatic carbocycles. The van der Waals surface area contributed by atoms with E-state index in [4.69, 9.17) is 14.2 Å². The van der Waals surface area contributed by atoms with Crippen molar-refractivity contribution in [3.05, 3.63) is 12.2 Å². The minimum absolute atomic E-state index is 0.107. The van der Waals surface area contributed by atoms with Gasteiger partial charge in [0.1, 0.15) is 16.8 Å². The molecule has 0 spiro atoms. The summed E-state index contributed by atoms with van der Waals surface area (Å²) in [7, 11) is 0. The lowest BCUT2D eigenvalue weighted by atomic mass is 9.95. The van der Waals surface area contributed by atoms with Crippen molar-refractivity contribution in [3.8, 4) is 0 Å². The van der Waals surface area contributed by atoms with E-state index in [-0.39, 0.29) is 12.0 Å². The molecule has 0 aromatic carbocycles. The summed E-state index contributed by atoms with van der Waals surface area (Å²) in [6.07, 6.45) is 1.46.